The summed E-state index contributed by atoms with van der Waals surface area (Å²) in [6.07, 6.45) is 4.48. The van der Waals surface area contributed by atoms with E-state index in [9.17, 15) is 4.79 Å². The predicted octanol–water partition coefficient (Wildman–Crippen LogP) is 2.43. The van der Waals surface area contributed by atoms with Gasteiger partial charge in [0.2, 0.25) is 5.91 Å². The molecule has 7 heteroatoms. The number of likely N-dealkylation sites (tertiary alicyclic amines) is 1. The van der Waals surface area contributed by atoms with Crippen LogP contribution in [0.2, 0.25) is 0 Å². The number of carbonyl (C=O) groups excluding carboxylic acids is 1. The first-order valence-electron chi connectivity index (χ1n) is 6.09. The lowest BCUT2D eigenvalue weighted by Crippen LogP contribution is -2.41. The van der Waals surface area contributed by atoms with Gasteiger partial charge in [-0.15, -0.1) is 36.2 Å². The number of rotatable bonds is 3. The fourth-order valence-corrected chi connectivity index (χ4v) is 3.01. The van der Waals surface area contributed by atoms with Gasteiger partial charge in [-0.1, -0.05) is 0 Å². The zero-order chi connectivity index (χ0) is 12.3. The monoisotopic (exact) mass is 325 g/mol. The smallest absolute Gasteiger partial charge is 0.224 e. The Kier molecular flexibility index (Phi) is 8.57. The number of nitrogens with two attached hydrogens (primary N) is 1. The Bertz CT molecular complexity index is 373. The van der Waals surface area contributed by atoms with Crippen molar-refractivity contribution in [2.45, 2.75) is 38.1 Å². The van der Waals surface area contributed by atoms with E-state index in [1.54, 1.807) is 11.3 Å². The first-order chi connectivity index (χ1) is 8.16. The topological polar surface area (TPSA) is 59.2 Å². The second kappa shape index (κ2) is 8.74. The maximum Gasteiger partial charge on any atom is 0.224 e. The molecule has 2 atom stereocenters. The Labute approximate surface area is 130 Å². The number of piperidine rings is 1. The van der Waals surface area contributed by atoms with Crippen LogP contribution in [-0.4, -0.2) is 34.9 Å². The van der Waals surface area contributed by atoms with Crippen LogP contribution in [-0.2, 0) is 4.79 Å². The fourth-order valence-electron chi connectivity index (χ4n) is 2.25. The molecule has 2 N–H and O–H groups in total. The molecule has 1 fully saturated rings. The van der Waals surface area contributed by atoms with Gasteiger partial charge in [0.15, 0.2) is 0 Å². The molecule has 0 aromatic carbocycles. The van der Waals surface area contributed by atoms with Crippen molar-refractivity contribution in [1.82, 2.24) is 9.88 Å². The summed E-state index contributed by atoms with van der Waals surface area (Å²) >= 11 is 1.68. The van der Waals surface area contributed by atoms with E-state index < -0.39 is 0 Å². The molecule has 1 aliphatic heterocycles. The van der Waals surface area contributed by atoms with Crippen LogP contribution >= 0.6 is 36.2 Å². The number of halogens is 2. The number of thiazole rings is 1. The SMILES string of the molecule is CC(N)CC(=O)N1CCCC(c2nccs2)C1.Cl.Cl. The maximum absolute atomic E-state index is 12.0. The molecule has 0 saturated carbocycles. The van der Waals surface area contributed by atoms with E-state index in [4.69, 9.17) is 5.73 Å². The average molecular weight is 326 g/mol. The minimum Gasteiger partial charge on any atom is -0.342 e. The summed E-state index contributed by atoms with van der Waals surface area (Å²) in [5.41, 5.74) is 5.67. The molecule has 1 aliphatic rings. The largest absolute Gasteiger partial charge is 0.342 e. The Hall–Kier alpha value is -0.360. The molecule has 4 nitrogen and oxygen atoms in total. The number of amides is 1. The molecule has 1 aromatic rings. The normalized spacial score (nSPS) is 20.1. The lowest BCUT2D eigenvalue weighted by atomic mass is 9.98. The third kappa shape index (κ3) is 5.26. The lowest BCUT2D eigenvalue weighted by Gasteiger charge is -2.32. The molecule has 0 bridgehead atoms. The van der Waals surface area contributed by atoms with E-state index in [2.05, 4.69) is 4.98 Å². The van der Waals surface area contributed by atoms with Crippen LogP contribution in [0.4, 0.5) is 0 Å². The molecule has 0 radical (unpaired) electrons. The van der Waals surface area contributed by atoms with Gasteiger partial charge < -0.3 is 10.6 Å². The van der Waals surface area contributed by atoms with E-state index in [0.717, 1.165) is 30.9 Å². The summed E-state index contributed by atoms with van der Waals surface area (Å²) in [5, 5.41) is 3.15. The standard InChI is InChI=1S/C12H19N3OS.2ClH/c1-9(13)7-11(16)15-5-2-3-10(8-15)12-14-4-6-17-12;;/h4,6,9-10H,2-3,5,7-8,13H2,1H3;2*1H. The Morgan fingerprint density at radius 3 is 2.95 bits per heavy atom. The van der Waals surface area contributed by atoms with Gasteiger partial charge in [-0.05, 0) is 19.8 Å². The van der Waals surface area contributed by atoms with Crippen LogP contribution in [0.15, 0.2) is 11.6 Å². The highest BCUT2D eigenvalue weighted by atomic mass is 35.5. The molecule has 1 saturated heterocycles. The molecule has 2 heterocycles. The van der Waals surface area contributed by atoms with Gasteiger partial charge >= 0.3 is 0 Å². The van der Waals surface area contributed by atoms with E-state index in [0.29, 0.717) is 12.3 Å². The van der Waals surface area contributed by atoms with E-state index >= 15 is 0 Å². The van der Waals surface area contributed by atoms with Crippen LogP contribution in [0, 0.1) is 0 Å². The third-order valence-corrected chi connectivity index (χ3v) is 4.01. The van der Waals surface area contributed by atoms with Crippen molar-refractivity contribution in [3.63, 3.8) is 0 Å². The molecule has 0 spiro atoms. The van der Waals surface area contributed by atoms with Crippen molar-refractivity contribution in [3.05, 3.63) is 16.6 Å². The van der Waals surface area contributed by atoms with Crippen LogP contribution < -0.4 is 5.73 Å². The third-order valence-electron chi connectivity index (χ3n) is 3.07. The summed E-state index contributed by atoms with van der Waals surface area (Å²) in [7, 11) is 0. The van der Waals surface area contributed by atoms with Crippen molar-refractivity contribution >= 4 is 42.1 Å². The zero-order valence-electron chi connectivity index (χ0n) is 10.9. The molecular formula is C12H21Cl2N3OS. The summed E-state index contributed by atoms with van der Waals surface area (Å²) in [4.78, 5) is 18.2. The number of hydrogen-bond donors (Lipinski definition) is 1. The Morgan fingerprint density at radius 1 is 1.63 bits per heavy atom. The quantitative estimate of drug-likeness (QED) is 0.928. The fraction of sp³-hybridized carbons (Fsp3) is 0.667. The van der Waals surface area contributed by atoms with E-state index in [-0.39, 0.29) is 36.8 Å². The number of nitrogens with zero attached hydrogens (tertiary/aromatic N) is 2. The summed E-state index contributed by atoms with van der Waals surface area (Å²) in [5.74, 6) is 0.599. The van der Waals surface area contributed by atoms with Gasteiger partial charge in [0.1, 0.15) is 0 Å². The van der Waals surface area contributed by atoms with Gasteiger partial charge in [-0.3, -0.25) is 4.79 Å². The molecule has 0 aliphatic carbocycles. The second-order valence-electron chi connectivity index (χ2n) is 4.73. The molecule has 19 heavy (non-hydrogen) atoms. The summed E-state index contributed by atoms with van der Waals surface area (Å²) in [6, 6.07) is -0.0530. The van der Waals surface area contributed by atoms with Gasteiger partial charge in [-0.25, -0.2) is 4.98 Å². The van der Waals surface area contributed by atoms with Gasteiger partial charge in [-0.2, -0.15) is 0 Å². The minimum atomic E-state index is -0.0530. The van der Waals surface area contributed by atoms with Gasteiger partial charge in [0, 0.05) is 43.0 Å². The summed E-state index contributed by atoms with van der Waals surface area (Å²) < 4.78 is 0. The highest BCUT2D eigenvalue weighted by Crippen LogP contribution is 2.28. The van der Waals surface area contributed by atoms with E-state index in [1.165, 1.54) is 0 Å². The number of hydrogen-bond acceptors (Lipinski definition) is 4. The molecule has 110 valence electrons. The van der Waals surface area contributed by atoms with E-state index in [1.807, 2.05) is 23.4 Å². The number of aromatic nitrogens is 1. The molecule has 2 unspecified atom stereocenters. The van der Waals surface area contributed by atoms with Gasteiger partial charge in [0.05, 0.1) is 5.01 Å². The average Bonchev–Trinajstić information content (AvgIpc) is 2.82. The zero-order valence-corrected chi connectivity index (χ0v) is 13.4. The van der Waals surface area contributed by atoms with Crippen LogP contribution in [0.1, 0.15) is 37.1 Å². The van der Waals surface area contributed by atoms with Crippen LogP contribution in [0.25, 0.3) is 0 Å². The Morgan fingerprint density at radius 2 is 2.37 bits per heavy atom. The van der Waals surface area contributed by atoms with Gasteiger partial charge in [0.25, 0.3) is 0 Å². The summed E-state index contributed by atoms with van der Waals surface area (Å²) in [6.45, 7) is 3.55. The minimum absolute atomic E-state index is 0. The van der Waals surface area contributed by atoms with Crippen LogP contribution in [0.3, 0.4) is 0 Å². The highest BCUT2D eigenvalue weighted by molar-refractivity contribution is 7.09. The first kappa shape index (κ1) is 18.6. The van der Waals surface area contributed by atoms with Crippen molar-refractivity contribution < 1.29 is 4.79 Å². The second-order valence-corrected chi connectivity index (χ2v) is 5.66. The van der Waals surface area contributed by atoms with Crippen molar-refractivity contribution in [2.75, 3.05) is 13.1 Å². The molecule has 1 aromatic heterocycles. The lowest BCUT2D eigenvalue weighted by molar-refractivity contribution is -0.132. The van der Waals surface area contributed by atoms with Crippen LogP contribution in [0.5, 0.6) is 0 Å². The predicted molar refractivity (Wildman–Crippen MR) is 83.4 cm³/mol. The van der Waals surface area contributed by atoms with Crippen molar-refractivity contribution in [1.29, 1.82) is 0 Å². The Balaban J connectivity index is 0.00000162. The van der Waals surface area contributed by atoms with Crippen molar-refractivity contribution in [2.24, 2.45) is 5.73 Å². The first-order valence-corrected chi connectivity index (χ1v) is 6.97. The maximum atomic E-state index is 12.0. The molecule has 1 amide bonds. The molecule has 2 rings (SSSR count). The highest BCUT2D eigenvalue weighted by Gasteiger charge is 2.26. The molecular weight excluding hydrogens is 305 g/mol. The van der Waals surface area contributed by atoms with Crippen molar-refractivity contribution in [3.8, 4) is 0 Å². The number of carbonyl (C=O) groups is 1.